The SMILES string of the molecule is c1cnnc(N2CCC[C@@H](NCc3ccc4c(c3)OCCO4)C2)c1. The van der Waals surface area contributed by atoms with Gasteiger partial charge in [-0.15, -0.1) is 5.10 Å². The van der Waals surface area contributed by atoms with Crippen LogP contribution in [0.1, 0.15) is 18.4 Å². The minimum absolute atomic E-state index is 0.453. The van der Waals surface area contributed by atoms with Crippen LogP contribution in [-0.4, -0.2) is 42.5 Å². The molecule has 6 nitrogen and oxygen atoms in total. The van der Waals surface area contributed by atoms with Crippen LogP contribution >= 0.6 is 0 Å². The lowest BCUT2D eigenvalue weighted by atomic mass is 10.1. The van der Waals surface area contributed by atoms with Crippen molar-refractivity contribution in [2.45, 2.75) is 25.4 Å². The van der Waals surface area contributed by atoms with E-state index in [1.54, 1.807) is 6.20 Å². The first-order valence-corrected chi connectivity index (χ1v) is 8.53. The van der Waals surface area contributed by atoms with E-state index in [0.29, 0.717) is 19.3 Å². The number of anilines is 1. The highest BCUT2D eigenvalue weighted by Gasteiger charge is 2.21. The summed E-state index contributed by atoms with van der Waals surface area (Å²) in [7, 11) is 0. The first-order valence-electron chi connectivity index (χ1n) is 8.53. The number of benzene rings is 1. The average molecular weight is 326 g/mol. The lowest BCUT2D eigenvalue weighted by Gasteiger charge is -2.33. The maximum Gasteiger partial charge on any atom is 0.161 e. The van der Waals surface area contributed by atoms with Crippen molar-refractivity contribution in [2.75, 3.05) is 31.2 Å². The smallest absolute Gasteiger partial charge is 0.161 e. The van der Waals surface area contributed by atoms with Gasteiger partial charge in [0.2, 0.25) is 0 Å². The second kappa shape index (κ2) is 7.05. The molecule has 1 fully saturated rings. The van der Waals surface area contributed by atoms with Crippen molar-refractivity contribution >= 4 is 5.82 Å². The fourth-order valence-corrected chi connectivity index (χ4v) is 3.27. The van der Waals surface area contributed by atoms with Gasteiger partial charge < -0.3 is 19.7 Å². The minimum Gasteiger partial charge on any atom is -0.486 e. The number of aromatic nitrogens is 2. The summed E-state index contributed by atoms with van der Waals surface area (Å²) in [4.78, 5) is 2.30. The first-order chi connectivity index (χ1) is 11.9. The Morgan fingerprint density at radius 2 is 2.08 bits per heavy atom. The van der Waals surface area contributed by atoms with E-state index in [9.17, 15) is 0 Å². The molecule has 0 aliphatic carbocycles. The zero-order chi connectivity index (χ0) is 16.2. The molecule has 126 valence electrons. The molecule has 0 saturated carbocycles. The highest BCUT2D eigenvalue weighted by molar-refractivity contribution is 5.44. The predicted molar refractivity (Wildman–Crippen MR) is 91.5 cm³/mol. The Bertz CT molecular complexity index is 680. The molecule has 4 rings (SSSR count). The van der Waals surface area contributed by atoms with E-state index in [4.69, 9.17) is 9.47 Å². The fourth-order valence-electron chi connectivity index (χ4n) is 3.27. The van der Waals surface area contributed by atoms with Crippen LogP contribution in [0.2, 0.25) is 0 Å². The molecular formula is C18H22N4O2. The van der Waals surface area contributed by atoms with Gasteiger partial charge in [-0.05, 0) is 42.7 Å². The highest BCUT2D eigenvalue weighted by atomic mass is 16.6. The van der Waals surface area contributed by atoms with Gasteiger partial charge in [-0.25, -0.2) is 0 Å². The quantitative estimate of drug-likeness (QED) is 0.927. The number of ether oxygens (including phenoxy) is 2. The Balaban J connectivity index is 1.35. The Labute approximate surface area is 141 Å². The molecule has 0 spiro atoms. The van der Waals surface area contributed by atoms with E-state index < -0.39 is 0 Å². The Morgan fingerprint density at radius 3 is 2.96 bits per heavy atom. The summed E-state index contributed by atoms with van der Waals surface area (Å²) < 4.78 is 11.2. The molecule has 1 atom stereocenters. The third-order valence-corrected chi connectivity index (χ3v) is 4.51. The van der Waals surface area contributed by atoms with E-state index in [1.165, 1.54) is 12.0 Å². The number of nitrogens with zero attached hydrogens (tertiary/aromatic N) is 3. The standard InChI is InChI=1S/C18H22N4O2/c1-4-18(21-20-7-1)22-8-2-3-15(13-22)19-12-14-5-6-16-17(11-14)24-10-9-23-16/h1,4-7,11,15,19H,2-3,8-10,12-13H2/t15-/m1/s1. The summed E-state index contributed by atoms with van der Waals surface area (Å²) in [5.74, 6) is 2.66. The normalized spacial score (nSPS) is 20.0. The monoisotopic (exact) mass is 326 g/mol. The second-order valence-electron chi connectivity index (χ2n) is 6.23. The van der Waals surface area contributed by atoms with Crippen molar-refractivity contribution in [3.63, 3.8) is 0 Å². The van der Waals surface area contributed by atoms with Crippen LogP contribution in [0.4, 0.5) is 5.82 Å². The lowest BCUT2D eigenvalue weighted by Crippen LogP contribution is -2.45. The molecule has 1 N–H and O–H groups in total. The summed E-state index contributed by atoms with van der Waals surface area (Å²) in [6.45, 7) is 4.09. The van der Waals surface area contributed by atoms with E-state index in [0.717, 1.165) is 43.4 Å². The van der Waals surface area contributed by atoms with Gasteiger partial charge in [0, 0.05) is 31.9 Å². The molecule has 1 aromatic carbocycles. The fraction of sp³-hybridized carbons (Fsp3) is 0.444. The van der Waals surface area contributed by atoms with Crippen LogP contribution in [0.15, 0.2) is 36.5 Å². The van der Waals surface area contributed by atoms with Gasteiger partial charge in [0.15, 0.2) is 17.3 Å². The Morgan fingerprint density at radius 1 is 1.17 bits per heavy atom. The van der Waals surface area contributed by atoms with Crippen molar-refractivity contribution in [3.05, 3.63) is 42.1 Å². The average Bonchev–Trinajstić information content (AvgIpc) is 2.67. The third-order valence-electron chi connectivity index (χ3n) is 4.51. The molecule has 2 aliphatic heterocycles. The molecule has 1 saturated heterocycles. The zero-order valence-electron chi connectivity index (χ0n) is 13.6. The largest absolute Gasteiger partial charge is 0.486 e. The molecule has 2 aliphatic rings. The highest BCUT2D eigenvalue weighted by Crippen LogP contribution is 2.30. The van der Waals surface area contributed by atoms with Crippen molar-refractivity contribution < 1.29 is 9.47 Å². The van der Waals surface area contributed by atoms with Gasteiger partial charge in [0.1, 0.15) is 13.2 Å². The van der Waals surface area contributed by atoms with E-state index >= 15 is 0 Å². The molecule has 0 amide bonds. The topological polar surface area (TPSA) is 59.5 Å². The molecule has 0 unspecified atom stereocenters. The van der Waals surface area contributed by atoms with E-state index in [-0.39, 0.29) is 0 Å². The maximum absolute atomic E-state index is 5.65. The van der Waals surface area contributed by atoms with Gasteiger partial charge in [0.05, 0.1) is 0 Å². The zero-order valence-corrected chi connectivity index (χ0v) is 13.6. The summed E-state index contributed by atoms with van der Waals surface area (Å²) in [5.41, 5.74) is 1.22. The van der Waals surface area contributed by atoms with Crippen molar-refractivity contribution in [1.82, 2.24) is 15.5 Å². The molecule has 2 aromatic rings. The van der Waals surface area contributed by atoms with Gasteiger partial charge in [-0.2, -0.15) is 5.10 Å². The Hall–Kier alpha value is -2.34. The minimum atomic E-state index is 0.453. The van der Waals surface area contributed by atoms with Crippen LogP contribution in [0.25, 0.3) is 0 Å². The number of piperidine rings is 1. The number of hydrogen-bond acceptors (Lipinski definition) is 6. The lowest BCUT2D eigenvalue weighted by molar-refractivity contribution is 0.171. The number of fused-ring (bicyclic) bond motifs is 1. The van der Waals surface area contributed by atoms with Crippen molar-refractivity contribution in [3.8, 4) is 11.5 Å². The summed E-state index contributed by atoms with van der Waals surface area (Å²) in [5, 5.41) is 11.9. The molecule has 0 bridgehead atoms. The van der Waals surface area contributed by atoms with Gasteiger partial charge in [0.25, 0.3) is 0 Å². The maximum atomic E-state index is 5.65. The number of rotatable bonds is 4. The molecule has 0 radical (unpaired) electrons. The predicted octanol–water partition coefficient (Wildman–Crippen LogP) is 2.01. The first kappa shape index (κ1) is 15.2. The van der Waals surface area contributed by atoms with Gasteiger partial charge >= 0.3 is 0 Å². The van der Waals surface area contributed by atoms with Crippen LogP contribution < -0.4 is 19.7 Å². The third kappa shape index (κ3) is 3.43. The molecule has 24 heavy (non-hydrogen) atoms. The second-order valence-corrected chi connectivity index (χ2v) is 6.23. The molecule has 3 heterocycles. The van der Waals surface area contributed by atoms with Gasteiger partial charge in [-0.1, -0.05) is 6.07 Å². The summed E-state index contributed by atoms with van der Waals surface area (Å²) in [6.07, 6.45) is 4.06. The van der Waals surface area contributed by atoms with Crippen molar-refractivity contribution in [2.24, 2.45) is 0 Å². The summed E-state index contributed by atoms with van der Waals surface area (Å²) in [6, 6.07) is 10.6. The van der Waals surface area contributed by atoms with E-state index in [1.807, 2.05) is 18.2 Å². The molecule has 1 aromatic heterocycles. The van der Waals surface area contributed by atoms with Crippen LogP contribution in [0.3, 0.4) is 0 Å². The summed E-state index contributed by atoms with van der Waals surface area (Å²) >= 11 is 0. The van der Waals surface area contributed by atoms with Crippen LogP contribution in [0.5, 0.6) is 11.5 Å². The van der Waals surface area contributed by atoms with Crippen LogP contribution in [-0.2, 0) is 6.54 Å². The van der Waals surface area contributed by atoms with Crippen molar-refractivity contribution in [1.29, 1.82) is 0 Å². The number of nitrogens with one attached hydrogen (secondary N) is 1. The molecule has 6 heteroatoms. The van der Waals surface area contributed by atoms with Gasteiger partial charge in [-0.3, -0.25) is 0 Å². The number of hydrogen-bond donors (Lipinski definition) is 1. The molecular weight excluding hydrogens is 304 g/mol. The van der Waals surface area contributed by atoms with Crippen LogP contribution in [0, 0.1) is 0 Å². The van der Waals surface area contributed by atoms with E-state index in [2.05, 4.69) is 32.5 Å². The Kier molecular flexibility index (Phi) is 4.46.